The SMILES string of the molecule is CC1(C)CCCNC1.Cl. The molecule has 0 aromatic heterocycles. The van der Waals surface area contributed by atoms with Crippen molar-refractivity contribution < 1.29 is 0 Å². The molecule has 0 saturated carbocycles. The summed E-state index contributed by atoms with van der Waals surface area (Å²) in [5.74, 6) is 0. The topological polar surface area (TPSA) is 12.0 Å². The van der Waals surface area contributed by atoms with Crippen molar-refractivity contribution in [1.29, 1.82) is 0 Å². The molecular formula is C7H16ClN. The number of piperidine rings is 1. The predicted octanol–water partition coefficient (Wildman–Crippen LogP) is 1.82. The van der Waals surface area contributed by atoms with Gasteiger partial charge in [-0.15, -0.1) is 12.4 Å². The maximum atomic E-state index is 3.38. The van der Waals surface area contributed by atoms with Crippen LogP contribution in [0.25, 0.3) is 0 Å². The van der Waals surface area contributed by atoms with Crippen molar-refractivity contribution in [3.8, 4) is 0 Å². The van der Waals surface area contributed by atoms with E-state index in [1.807, 2.05) is 0 Å². The average molecular weight is 150 g/mol. The molecule has 1 aliphatic rings. The normalized spacial score (nSPS) is 24.7. The molecule has 0 aromatic rings. The van der Waals surface area contributed by atoms with E-state index in [2.05, 4.69) is 19.2 Å². The summed E-state index contributed by atoms with van der Waals surface area (Å²) >= 11 is 0. The Morgan fingerprint density at radius 3 is 2.22 bits per heavy atom. The number of hydrogen-bond acceptors (Lipinski definition) is 1. The van der Waals surface area contributed by atoms with Gasteiger partial charge in [-0.05, 0) is 24.8 Å². The van der Waals surface area contributed by atoms with Gasteiger partial charge in [-0.1, -0.05) is 13.8 Å². The van der Waals surface area contributed by atoms with Gasteiger partial charge in [-0.25, -0.2) is 0 Å². The molecule has 1 N–H and O–H groups in total. The first-order valence-corrected chi connectivity index (χ1v) is 3.41. The van der Waals surface area contributed by atoms with E-state index in [1.54, 1.807) is 0 Å². The van der Waals surface area contributed by atoms with E-state index in [0.29, 0.717) is 5.41 Å². The van der Waals surface area contributed by atoms with Crippen LogP contribution < -0.4 is 5.32 Å². The first kappa shape index (κ1) is 9.25. The lowest BCUT2D eigenvalue weighted by Gasteiger charge is -2.29. The standard InChI is InChI=1S/C7H15N.ClH/c1-7(2)4-3-5-8-6-7;/h8H,3-6H2,1-2H3;1H. The van der Waals surface area contributed by atoms with Crippen molar-refractivity contribution in [3.63, 3.8) is 0 Å². The van der Waals surface area contributed by atoms with Crippen LogP contribution >= 0.6 is 12.4 Å². The monoisotopic (exact) mass is 149 g/mol. The molecule has 0 spiro atoms. The lowest BCUT2D eigenvalue weighted by molar-refractivity contribution is 0.265. The highest BCUT2D eigenvalue weighted by Crippen LogP contribution is 2.23. The Morgan fingerprint density at radius 1 is 1.33 bits per heavy atom. The summed E-state index contributed by atoms with van der Waals surface area (Å²) in [6.45, 7) is 7.06. The number of hydrogen-bond donors (Lipinski definition) is 1. The number of halogens is 1. The molecule has 0 radical (unpaired) electrons. The van der Waals surface area contributed by atoms with E-state index >= 15 is 0 Å². The summed E-state index contributed by atoms with van der Waals surface area (Å²) in [6, 6.07) is 0. The van der Waals surface area contributed by atoms with Crippen molar-refractivity contribution in [2.24, 2.45) is 5.41 Å². The van der Waals surface area contributed by atoms with Crippen molar-refractivity contribution >= 4 is 12.4 Å². The molecule has 0 amide bonds. The number of nitrogens with one attached hydrogen (secondary N) is 1. The molecule has 1 nitrogen and oxygen atoms in total. The third-order valence-electron chi connectivity index (χ3n) is 1.81. The van der Waals surface area contributed by atoms with Crippen LogP contribution in [0.15, 0.2) is 0 Å². The Morgan fingerprint density at radius 2 is 2.00 bits per heavy atom. The van der Waals surface area contributed by atoms with Crippen LogP contribution in [0.2, 0.25) is 0 Å². The molecule has 0 aliphatic carbocycles. The largest absolute Gasteiger partial charge is 0.316 e. The number of rotatable bonds is 0. The molecule has 1 fully saturated rings. The van der Waals surface area contributed by atoms with Gasteiger partial charge in [0.1, 0.15) is 0 Å². The fourth-order valence-corrected chi connectivity index (χ4v) is 1.21. The second-order valence-electron chi connectivity index (χ2n) is 3.44. The van der Waals surface area contributed by atoms with Gasteiger partial charge in [0, 0.05) is 6.54 Å². The second kappa shape index (κ2) is 3.43. The lowest BCUT2D eigenvalue weighted by atomic mass is 9.85. The van der Waals surface area contributed by atoms with Gasteiger partial charge in [-0.3, -0.25) is 0 Å². The minimum absolute atomic E-state index is 0. The highest BCUT2D eigenvalue weighted by atomic mass is 35.5. The highest BCUT2D eigenvalue weighted by molar-refractivity contribution is 5.85. The first-order valence-electron chi connectivity index (χ1n) is 3.41. The van der Waals surface area contributed by atoms with Crippen molar-refractivity contribution in [1.82, 2.24) is 5.32 Å². The molecule has 0 bridgehead atoms. The van der Waals surface area contributed by atoms with Crippen LogP contribution in [0, 0.1) is 5.41 Å². The van der Waals surface area contributed by atoms with Crippen LogP contribution in [0.4, 0.5) is 0 Å². The van der Waals surface area contributed by atoms with Crippen molar-refractivity contribution in [2.75, 3.05) is 13.1 Å². The zero-order valence-corrected chi connectivity index (χ0v) is 7.05. The van der Waals surface area contributed by atoms with Gasteiger partial charge in [0.05, 0.1) is 0 Å². The van der Waals surface area contributed by atoms with Gasteiger partial charge in [-0.2, -0.15) is 0 Å². The van der Waals surface area contributed by atoms with Crippen LogP contribution in [0.1, 0.15) is 26.7 Å². The molecule has 1 heterocycles. The van der Waals surface area contributed by atoms with Crippen LogP contribution in [-0.2, 0) is 0 Å². The van der Waals surface area contributed by atoms with E-state index in [1.165, 1.54) is 25.9 Å². The summed E-state index contributed by atoms with van der Waals surface area (Å²) in [5, 5.41) is 3.38. The van der Waals surface area contributed by atoms with E-state index in [0.717, 1.165) is 0 Å². The average Bonchev–Trinajstić information content (AvgIpc) is 1.65. The Bertz CT molecular complexity index is 73.0. The maximum Gasteiger partial charge on any atom is 0.000252 e. The zero-order chi connectivity index (χ0) is 6.04. The molecule has 1 rings (SSSR count). The lowest BCUT2D eigenvalue weighted by Crippen LogP contribution is -2.35. The minimum atomic E-state index is 0. The van der Waals surface area contributed by atoms with Gasteiger partial charge in [0.25, 0.3) is 0 Å². The molecular weight excluding hydrogens is 134 g/mol. The highest BCUT2D eigenvalue weighted by Gasteiger charge is 2.19. The quantitative estimate of drug-likeness (QED) is 0.554. The fourth-order valence-electron chi connectivity index (χ4n) is 1.21. The van der Waals surface area contributed by atoms with E-state index in [9.17, 15) is 0 Å². The fraction of sp³-hybridized carbons (Fsp3) is 1.00. The molecule has 1 aliphatic heterocycles. The van der Waals surface area contributed by atoms with E-state index < -0.39 is 0 Å². The third kappa shape index (κ3) is 3.07. The molecule has 0 unspecified atom stereocenters. The molecule has 2 heteroatoms. The molecule has 56 valence electrons. The first-order chi connectivity index (χ1) is 3.71. The van der Waals surface area contributed by atoms with Crippen LogP contribution in [0.3, 0.4) is 0 Å². The van der Waals surface area contributed by atoms with Gasteiger partial charge < -0.3 is 5.32 Å². The Labute approximate surface area is 63.6 Å². The third-order valence-corrected chi connectivity index (χ3v) is 1.81. The molecule has 0 aromatic carbocycles. The summed E-state index contributed by atoms with van der Waals surface area (Å²) in [7, 11) is 0. The van der Waals surface area contributed by atoms with E-state index in [-0.39, 0.29) is 12.4 Å². The molecule has 9 heavy (non-hydrogen) atoms. The molecule has 1 saturated heterocycles. The predicted molar refractivity (Wildman–Crippen MR) is 43.1 cm³/mol. The van der Waals surface area contributed by atoms with E-state index in [4.69, 9.17) is 0 Å². The Kier molecular flexibility index (Phi) is 3.52. The molecule has 0 atom stereocenters. The zero-order valence-electron chi connectivity index (χ0n) is 6.24. The van der Waals surface area contributed by atoms with Gasteiger partial charge in [0.15, 0.2) is 0 Å². The van der Waals surface area contributed by atoms with Gasteiger partial charge in [0.2, 0.25) is 0 Å². The summed E-state index contributed by atoms with van der Waals surface area (Å²) in [5.41, 5.74) is 0.568. The minimum Gasteiger partial charge on any atom is -0.316 e. The second-order valence-corrected chi connectivity index (χ2v) is 3.44. The Hall–Kier alpha value is 0.250. The van der Waals surface area contributed by atoms with Crippen molar-refractivity contribution in [3.05, 3.63) is 0 Å². The van der Waals surface area contributed by atoms with Gasteiger partial charge >= 0.3 is 0 Å². The Balaban J connectivity index is 0.000000640. The summed E-state index contributed by atoms with van der Waals surface area (Å²) < 4.78 is 0. The summed E-state index contributed by atoms with van der Waals surface area (Å²) in [4.78, 5) is 0. The van der Waals surface area contributed by atoms with Crippen LogP contribution in [-0.4, -0.2) is 13.1 Å². The maximum absolute atomic E-state index is 3.38. The smallest absolute Gasteiger partial charge is 0.000252 e. The summed E-state index contributed by atoms with van der Waals surface area (Å²) in [6.07, 6.45) is 2.74. The van der Waals surface area contributed by atoms with Crippen molar-refractivity contribution in [2.45, 2.75) is 26.7 Å². The van der Waals surface area contributed by atoms with Crippen LogP contribution in [0.5, 0.6) is 0 Å².